The van der Waals surface area contributed by atoms with Crippen LogP contribution in [0.25, 0.3) is 0 Å². The Bertz CT molecular complexity index is 199. The summed E-state index contributed by atoms with van der Waals surface area (Å²) in [6.07, 6.45) is 1.89. The average Bonchev–Trinajstić information content (AvgIpc) is 2.45. The molecule has 0 saturated carbocycles. The van der Waals surface area contributed by atoms with E-state index in [-0.39, 0.29) is 11.6 Å². The van der Waals surface area contributed by atoms with Gasteiger partial charge in [-0.25, -0.2) is 0 Å². The van der Waals surface area contributed by atoms with Gasteiger partial charge in [-0.15, -0.1) is 0 Å². The van der Waals surface area contributed by atoms with E-state index in [0.29, 0.717) is 0 Å². The maximum Gasteiger partial charge on any atom is 0.120 e. The summed E-state index contributed by atoms with van der Waals surface area (Å²) in [5, 5.41) is 15.1. The molecule has 0 aromatic heterocycles. The normalized spacial score (nSPS) is 23.5. The second-order valence-electron chi connectivity index (χ2n) is 1.55. The Morgan fingerprint density at radius 2 is 2.50 bits per heavy atom. The number of hydrogen-bond donors (Lipinski definition) is 1. The lowest BCUT2D eigenvalue weighted by atomic mass is 10.2. The van der Waals surface area contributed by atoms with E-state index in [1.165, 1.54) is 0 Å². The number of hydrogen-bond acceptors (Lipinski definition) is 2. The summed E-state index contributed by atoms with van der Waals surface area (Å²) in [5.74, 6) is 0.0839. The Hall–Kier alpha value is -0.370. The third-order valence-electron chi connectivity index (χ3n) is 0.945. The lowest BCUT2D eigenvalue weighted by Crippen LogP contribution is -1.94. The number of nitriles is 1. The van der Waals surface area contributed by atoms with Crippen LogP contribution in [0.2, 0.25) is 0 Å². The zero-order valence-corrected chi connectivity index (χ0v) is 6.14. The van der Waals surface area contributed by atoms with E-state index in [4.69, 9.17) is 10.7 Å². The van der Waals surface area contributed by atoms with Crippen LogP contribution < -0.4 is 0 Å². The average molecular weight is 218 g/mol. The van der Waals surface area contributed by atoms with Crippen molar-refractivity contribution in [3.63, 3.8) is 0 Å². The molecule has 0 amide bonds. The first-order chi connectivity index (χ1) is 3.75. The maximum atomic E-state index is 8.15. The van der Waals surface area contributed by atoms with E-state index in [2.05, 4.69) is 22.6 Å². The molecule has 2 nitrogen and oxygen atoms in total. The van der Waals surface area contributed by atoms with Crippen molar-refractivity contribution in [2.75, 3.05) is 0 Å². The van der Waals surface area contributed by atoms with Gasteiger partial charge in [0.05, 0.1) is 5.92 Å². The van der Waals surface area contributed by atoms with Crippen molar-refractivity contribution in [3.05, 3.63) is 9.66 Å². The zero-order chi connectivity index (χ0) is 6.15. The number of nitrogens with zero attached hydrogens (tertiary/aromatic N) is 1. The van der Waals surface area contributed by atoms with Gasteiger partial charge in [0.1, 0.15) is 11.8 Å². The predicted molar refractivity (Wildman–Crippen MR) is 38.9 cm³/mol. The van der Waals surface area contributed by atoms with E-state index < -0.39 is 0 Å². The van der Waals surface area contributed by atoms with Gasteiger partial charge in [-0.1, -0.05) is 6.08 Å². The second kappa shape index (κ2) is 1.86. The molecule has 1 aliphatic carbocycles. The largest absolute Gasteiger partial charge is 0.293 e. The summed E-state index contributed by atoms with van der Waals surface area (Å²) < 4.78 is 1.12. The highest BCUT2D eigenvalue weighted by Crippen LogP contribution is 2.35. The SMILES string of the molecule is N#CC(=N)C1C=C1I. The molecule has 1 rings (SSSR count). The molecule has 0 fully saturated rings. The summed E-state index contributed by atoms with van der Waals surface area (Å²) >= 11 is 2.12. The molecule has 0 aliphatic heterocycles. The standard InChI is InChI=1S/C5H3IN2/c6-4-1-3(4)5(8)2-7/h1,3,8H. The topological polar surface area (TPSA) is 47.6 Å². The first kappa shape index (κ1) is 5.76. The van der Waals surface area contributed by atoms with Crippen LogP contribution in [0.5, 0.6) is 0 Å². The fraction of sp³-hybridized carbons (Fsp3) is 0.200. The summed E-state index contributed by atoms with van der Waals surface area (Å²) in [6, 6.07) is 1.78. The van der Waals surface area contributed by atoms with Gasteiger partial charge in [-0.2, -0.15) is 5.26 Å². The van der Waals surface area contributed by atoms with Gasteiger partial charge in [0.15, 0.2) is 0 Å². The van der Waals surface area contributed by atoms with Gasteiger partial charge in [0.25, 0.3) is 0 Å². The fourth-order valence-corrected chi connectivity index (χ4v) is 1.07. The van der Waals surface area contributed by atoms with E-state index in [1.54, 1.807) is 6.07 Å². The lowest BCUT2D eigenvalue weighted by molar-refractivity contribution is 1.28. The molecule has 3 heteroatoms. The molecule has 40 valence electrons. The van der Waals surface area contributed by atoms with Crippen LogP contribution in [0.4, 0.5) is 0 Å². The molecular weight excluding hydrogens is 215 g/mol. The first-order valence-electron chi connectivity index (χ1n) is 2.11. The monoisotopic (exact) mass is 218 g/mol. The van der Waals surface area contributed by atoms with Crippen LogP contribution in [0.1, 0.15) is 0 Å². The van der Waals surface area contributed by atoms with Crippen LogP contribution in [0.15, 0.2) is 9.66 Å². The molecule has 0 radical (unpaired) electrons. The van der Waals surface area contributed by atoms with Gasteiger partial charge in [-0.05, 0) is 22.6 Å². The Morgan fingerprint density at radius 3 is 2.62 bits per heavy atom. The smallest absolute Gasteiger partial charge is 0.120 e. The maximum absolute atomic E-state index is 8.15. The van der Waals surface area contributed by atoms with Gasteiger partial charge in [-0.3, -0.25) is 5.41 Å². The van der Waals surface area contributed by atoms with E-state index in [1.807, 2.05) is 6.08 Å². The first-order valence-corrected chi connectivity index (χ1v) is 3.19. The van der Waals surface area contributed by atoms with E-state index >= 15 is 0 Å². The molecule has 1 unspecified atom stereocenters. The summed E-state index contributed by atoms with van der Waals surface area (Å²) in [5.41, 5.74) is 0.161. The Morgan fingerprint density at radius 1 is 2.00 bits per heavy atom. The lowest BCUT2D eigenvalue weighted by Gasteiger charge is -1.83. The van der Waals surface area contributed by atoms with Gasteiger partial charge >= 0.3 is 0 Å². The van der Waals surface area contributed by atoms with Crippen LogP contribution >= 0.6 is 22.6 Å². The Balaban J connectivity index is 2.47. The minimum atomic E-state index is 0.0839. The minimum Gasteiger partial charge on any atom is -0.293 e. The molecule has 1 aliphatic rings. The van der Waals surface area contributed by atoms with Crippen molar-refractivity contribution < 1.29 is 0 Å². The summed E-state index contributed by atoms with van der Waals surface area (Å²) in [4.78, 5) is 0. The highest BCUT2D eigenvalue weighted by molar-refractivity contribution is 14.1. The van der Waals surface area contributed by atoms with Crippen LogP contribution in [-0.2, 0) is 0 Å². The minimum absolute atomic E-state index is 0.0839. The van der Waals surface area contributed by atoms with Gasteiger partial charge in [0.2, 0.25) is 0 Å². The van der Waals surface area contributed by atoms with Gasteiger partial charge in [0, 0.05) is 3.58 Å². The van der Waals surface area contributed by atoms with Crippen molar-refractivity contribution in [1.82, 2.24) is 0 Å². The molecule has 0 spiro atoms. The molecule has 8 heavy (non-hydrogen) atoms. The summed E-state index contributed by atoms with van der Waals surface area (Å²) in [7, 11) is 0. The molecule has 1 atom stereocenters. The van der Waals surface area contributed by atoms with Gasteiger partial charge < -0.3 is 0 Å². The van der Waals surface area contributed by atoms with Crippen molar-refractivity contribution in [1.29, 1.82) is 10.7 Å². The molecule has 0 bridgehead atoms. The van der Waals surface area contributed by atoms with Crippen molar-refractivity contribution >= 4 is 28.3 Å². The third-order valence-corrected chi connectivity index (χ3v) is 1.98. The number of allylic oxidation sites excluding steroid dienone is 2. The van der Waals surface area contributed by atoms with Crippen molar-refractivity contribution in [3.8, 4) is 6.07 Å². The van der Waals surface area contributed by atoms with E-state index in [9.17, 15) is 0 Å². The Labute approximate surface area is 60.8 Å². The summed E-state index contributed by atoms with van der Waals surface area (Å²) in [6.45, 7) is 0. The van der Waals surface area contributed by atoms with E-state index in [0.717, 1.165) is 3.58 Å². The third kappa shape index (κ3) is 0.892. The number of nitrogens with one attached hydrogen (secondary N) is 1. The fourth-order valence-electron chi connectivity index (χ4n) is 0.402. The molecule has 1 N–H and O–H groups in total. The second-order valence-corrected chi connectivity index (χ2v) is 2.80. The highest BCUT2D eigenvalue weighted by Gasteiger charge is 2.26. The van der Waals surface area contributed by atoms with Crippen LogP contribution in [-0.4, -0.2) is 5.71 Å². The molecule has 0 aromatic rings. The Kier molecular flexibility index (Phi) is 1.34. The molecule has 0 aromatic carbocycles. The zero-order valence-electron chi connectivity index (χ0n) is 3.98. The number of halogens is 1. The van der Waals surface area contributed by atoms with Crippen LogP contribution in [0.3, 0.4) is 0 Å². The molecular formula is C5H3IN2. The quantitative estimate of drug-likeness (QED) is 0.525. The van der Waals surface area contributed by atoms with Crippen molar-refractivity contribution in [2.24, 2.45) is 5.92 Å². The van der Waals surface area contributed by atoms with Crippen LogP contribution in [0, 0.1) is 22.7 Å². The number of rotatable bonds is 1. The van der Waals surface area contributed by atoms with Crippen molar-refractivity contribution in [2.45, 2.75) is 0 Å². The molecule has 0 heterocycles. The highest BCUT2D eigenvalue weighted by atomic mass is 127. The molecule has 0 saturated heterocycles. The predicted octanol–water partition coefficient (Wildman–Crippen LogP) is 1.48.